The first-order valence-electron chi connectivity index (χ1n) is 8.26. The van der Waals surface area contributed by atoms with E-state index in [4.69, 9.17) is 0 Å². The third-order valence-corrected chi connectivity index (χ3v) is 4.64. The van der Waals surface area contributed by atoms with Crippen molar-refractivity contribution in [1.82, 2.24) is 0 Å². The van der Waals surface area contributed by atoms with Gasteiger partial charge in [-0.2, -0.15) is 0 Å². The van der Waals surface area contributed by atoms with Crippen LogP contribution < -0.4 is 0 Å². The van der Waals surface area contributed by atoms with E-state index in [1.165, 1.54) is 17.5 Å². The molecule has 0 N–H and O–H groups in total. The lowest BCUT2D eigenvalue weighted by Gasteiger charge is -2.26. The molecule has 0 amide bonds. The lowest BCUT2D eigenvalue weighted by molar-refractivity contribution is 0.488. The van der Waals surface area contributed by atoms with Crippen LogP contribution in [0.4, 0.5) is 0 Å². The van der Waals surface area contributed by atoms with Crippen LogP contribution in [0.15, 0.2) is 54.6 Å². The summed E-state index contributed by atoms with van der Waals surface area (Å²) in [5.74, 6) is 1.88. The largest absolute Gasteiger partial charge is 0.0648 e. The fourth-order valence-corrected chi connectivity index (χ4v) is 3.09. The zero-order valence-corrected chi connectivity index (χ0v) is 13.8. The Labute approximate surface area is 130 Å². The molecule has 0 nitrogen and oxygen atoms in total. The van der Waals surface area contributed by atoms with Crippen LogP contribution >= 0.6 is 0 Å². The smallest absolute Gasteiger partial charge is 0.00956 e. The first-order chi connectivity index (χ1) is 10.1. The summed E-state index contributed by atoms with van der Waals surface area (Å²) in [6.07, 6.45) is 2.33. The van der Waals surface area contributed by atoms with E-state index >= 15 is 0 Å². The Bertz CT molecular complexity index is 539. The fraction of sp³-hybridized carbons (Fsp3) is 0.429. The maximum Gasteiger partial charge on any atom is -0.00956 e. The van der Waals surface area contributed by atoms with Gasteiger partial charge in [-0.3, -0.25) is 0 Å². The molecule has 0 bridgehead atoms. The van der Waals surface area contributed by atoms with Gasteiger partial charge in [0.15, 0.2) is 0 Å². The van der Waals surface area contributed by atoms with Gasteiger partial charge in [-0.1, -0.05) is 82.3 Å². The zero-order chi connectivity index (χ0) is 15.2. The fourth-order valence-electron chi connectivity index (χ4n) is 3.09. The van der Waals surface area contributed by atoms with Gasteiger partial charge in [-0.05, 0) is 47.3 Å². The first kappa shape index (κ1) is 15.8. The molecule has 0 spiro atoms. The van der Waals surface area contributed by atoms with Gasteiger partial charge >= 0.3 is 0 Å². The van der Waals surface area contributed by atoms with Crippen LogP contribution in [0.1, 0.15) is 62.6 Å². The summed E-state index contributed by atoms with van der Waals surface area (Å²) in [6.45, 7) is 9.32. The van der Waals surface area contributed by atoms with Gasteiger partial charge in [-0.15, -0.1) is 0 Å². The topological polar surface area (TPSA) is 0 Å². The average molecular weight is 280 g/mol. The van der Waals surface area contributed by atoms with E-state index in [0.717, 1.165) is 6.42 Å². The molecular formula is C21H28. The van der Waals surface area contributed by atoms with E-state index in [9.17, 15) is 0 Å². The summed E-state index contributed by atoms with van der Waals surface area (Å²) in [6, 6.07) is 19.9. The van der Waals surface area contributed by atoms with E-state index in [2.05, 4.69) is 82.3 Å². The summed E-state index contributed by atoms with van der Waals surface area (Å²) in [4.78, 5) is 0. The second kappa shape index (κ2) is 7.45. The standard InChI is InChI=1S/C21H28/c1-5-17(4)19-13-9-10-14-20(19)21(16(2)3)15-18-11-7-6-8-12-18/h6-14,16-17,21H,5,15H2,1-4H3. The quantitative estimate of drug-likeness (QED) is 0.592. The van der Waals surface area contributed by atoms with Crippen molar-refractivity contribution in [3.63, 3.8) is 0 Å². The minimum atomic E-state index is 0.595. The lowest BCUT2D eigenvalue weighted by Crippen LogP contribution is -2.13. The molecule has 2 atom stereocenters. The van der Waals surface area contributed by atoms with Crippen LogP contribution in [0.25, 0.3) is 0 Å². The highest BCUT2D eigenvalue weighted by atomic mass is 14.2. The van der Waals surface area contributed by atoms with Gasteiger partial charge < -0.3 is 0 Å². The summed E-state index contributed by atoms with van der Waals surface area (Å²) < 4.78 is 0. The zero-order valence-electron chi connectivity index (χ0n) is 13.8. The summed E-state index contributed by atoms with van der Waals surface area (Å²) >= 11 is 0. The first-order valence-corrected chi connectivity index (χ1v) is 8.26. The predicted octanol–water partition coefficient (Wildman–Crippen LogP) is 6.18. The molecule has 0 saturated heterocycles. The van der Waals surface area contributed by atoms with Crippen molar-refractivity contribution < 1.29 is 0 Å². The normalized spacial score (nSPS) is 14.1. The molecule has 2 aromatic carbocycles. The molecule has 0 heterocycles. The molecule has 0 heteroatoms. The SMILES string of the molecule is CCC(C)c1ccccc1C(Cc1ccccc1)C(C)C. The molecule has 0 aromatic heterocycles. The maximum atomic E-state index is 2.35. The second-order valence-electron chi connectivity index (χ2n) is 6.48. The van der Waals surface area contributed by atoms with Gasteiger partial charge in [0.1, 0.15) is 0 Å². The van der Waals surface area contributed by atoms with Crippen molar-refractivity contribution in [2.24, 2.45) is 5.92 Å². The monoisotopic (exact) mass is 280 g/mol. The summed E-state index contributed by atoms with van der Waals surface area (Å²) in [5, 5.41) is 0. The summed E-state index contributed by atoms with van der Waals surface area (Å²) in [5.41, 5.74) is 4.52. The highest BCUT2D eigenvalue weighted by molar-refractivity contribution is 5.35. The van der Waals surface area contributed by atoms with E-state index in [-0.39, 0.29) is 0 Å². The van der Waals surface area contributed by atoms with Crippen molar-refractivity contribution in [2.45, 2.75) is 52.4 Å². The van der Waals surface area contributed by atoms with Crippen LogP contribution in [0, 0.1) is 5.92 Å². The molecule has 0 radical (unpaired) electrons. The predicted molar refractivity (Wildman–Crippen MR) is 92.9 cm³/mol. The minimum Gasteiger partial charge on any atom is -0.0648 e. The van der Waals surface area contributed by atoms with Crippen molar-refractivity contribution in [3.8, 4) is 0 Å². The van der Waals surface area contributed by atoms with Gasteiger partial charge in [-0.25, -0.2) is 0 Å². The number of benzene rings is 2. The van der Waals surface area contributed by atoms with Crippen molar-refractivity contribution in [2.75, 3.05) is 0 Å². The molecule has 2 unspecified atom stereocenters. The van der Waals surface area contributed by atoms with Crippen molar-refractivity contribution in [1.29, 1.82) is 0 Å². The van der Waals surface area contributed by atoms with Crippen LogP contribution in [0.2, 0.25) is 0 Å². The molecule has 21 heavy (non-hydrogen) atoms. The lowest BCUT2D eigenvalue weighted by atomic mass is 9.78. The van der Waals surface area contributed by atoms with E-state index < -0.39 is 0 Å². The van der Waals surface area contributed by atoms with Crippen LogP contribution in [0.5, 0.6) is 0 Å². The molecule has 0 aliphatic carbocycles. The highest BCUT2D eigenvalue weighted by Crippen LogP contribution is 2.34. The van der Waals surface area contributed by atoms with Crippen LogP contribution in [-0.2, 0) is 6.42 Å². The van der Waals surface area contributed by atoms with E-state index in [1.807, 2.05) is 0 Å². The Kier molecular flexibility index (Phi) is 5.61. The molecule has 2 aromatic rings. The van der Waals surface area contributed by atoms with Crippen LogP contribution in [-0.4, -0.2) is 0 Å². The molecule has 0 aliphatic heterocycles. The molecule has 0 saturated carbocycles. The molecule has 2 rings (SSSR count). The Morgan fingerprint density at radius 1 is 0.762 bits per heavy atom. The van der Waals surface area contributed by atoms with Gasteiger partial charge in [0.25, 0.3) is 0 Å². The highest BCUT2D eigenvalue weighted by Gasteiger charge is 2.20. The molecular weight excluding hydrogens is 252 g/mol. The Hall–Kier alpha value is -1.56. The van der Waals surface area contributed by atoms with E-state index in [0.29, 0.717) is 17.8 Å². The van der Waals surface area contributed by atoms with Gasteiger partial charge in [0.05, 0.1) is 0 Å². The average Bonchev–Trinajstić information content (AvgIpc) is 2.52. The van der Waals surface area contributed by atoms with Gasteiger partial charge in [0, 0.05) is 0 Å². The third-order valence-electron chi connectivity index (χ3n) is 4.64. The number of hydrogen-bond acceptors (Lipinski definition) is 0. The molecule has 0 fully saturated rings. The van der Waals surface area contributed by atoms with Crippen molar-refractivity contribution in [3.05, 3.63) is 71.3 Å². The Morgan fingerprint density at radius 2 is 1.33 bits per heavy atom. The molecule has 112 valence electrons. The van der Waals surface area contributed by atoms with Crippen molar-refractivity contribution >= 4 is 0 Å². The van der Waals surface area contributed by atoms with E-state index in [1.54, 1.807) is 5.56 Å². The van der Waals surface area contributed by atoms with Gasteiger partial charge in [0.2, 0.25) is 0 Å². The summed E-state index contributed by atoms with van der Waals surface area (Å²) in [7, 11) is 0. The number of hydrogen-bond donors (Lipinski definition) is 0. The molecule has 0 aliphatic rings. The maximum absolute atomic E-state index is 2.35. The van der Waals surface area contributed by atoms with Crippen LogP contribution in [0.3, 0.4) is 0 Å². The third kappa shape index (κ3) is 3.97. The minimum absolute atomic E-state index is 0.595. The Morgan fingerprint density at radius 3 is 1.90 bits per heavy atom. The Balaban J connectivity index is 2.35. The number of rotatable bonds is 6. The second-order valence-corrected chi connectivity index (χ2v) is 6.48.